The topological polar surface area (TPSA) is 88.5 Å². The number of sulfonamides is 1. The molecule has 0 bridgehead atoms. The van der Waals surface area contributed by atoms with E-state index in [0.717, 1.165) is 18.9 Å². The molecular formula is C19H20F3N3O4S. The maximum absolute atomic E-state index is 12.9. The molecule has 2 aromatic rings. The Morgan fingerprint density at radius 2 is 1.67 bits per heavy atom. The minimum atomic E-state index is -4.65. The molecule has 1 aliphatic rings. The summed E-state index contributed by atoms with van der Waals surface area (Å²) in [5.41, 5.74) is -1.54. The first-order valence-corrected chi connectivity index (χ1v) is 10.6. The fraction of sp³-hybridized carbons (Fsp3) is 0.368. The Morgan fingerprint density at radius 3 is 2.23 bits per heavy atom. The third kappa shape index (κ3) is 4.57. The minimum absolute atomic E-state index is 0.0875. The van der Waals surface area contributed by atoms with Gasteiger partial charge < -0.3 is 9.88 Å². The van der Waals surface area contributed by atoms with Crippen LogP contribution in [0.4, 0.5) is 18.9 Å². The third-order valence-corrected chi connectivity index (χ3v) is 6.80. The van der Waals surface area contributed by atoms with Crippen LogP contribution >= 0.6 is 0 Å². The fourth-order valence-corrected chi connectivity index (χ4v) is 4.65. The van der Waals surface area contributed by atoms with Crippen LogP contribution in [-0.4, -0.2) is 36.3 Å². The van der Waals surface area contributed by atoms with Gasteiger partial charge in [0.2, 0.25) is 15.9 Å². The van der Waals surface area contributed by atoms with Gasteiger partial charge >= 0.3 is 6.18 Å². The molecule has 1 N–H and O–H groups in total. The van der Waals surface area contributed by atoms with Gasteiger partial charge in [-0.2, -0.15) is 17.5 Å². The Kier molecular flexibility index (Phi) is 6.04. The summed E-state index contributed by atoms with van der Waals surface area (Å²) in [4.78, 5) is 24.4. The Bertz CT molecular complexity index is 1090. The zero-order chi connectivity index (χ0) is 22.1. The van der Waals surface area contributed by atoms with Crippen molar-refractivity contribution in [1.29, 1.82) is 0 Å². The lowest BCUT2D eigenvalue weighted by atomic mass is 10.2. The third-order valence-electron chi connectivity index (χ3n) is 4.89. The molecule has 30 heavy (non-hydrogen) atoms. The number of aromatic nitrogens is 1. The standard InChI is InChI=1S/C19H20F3N3O4S/c1-13(25-12-14(19(20,21)22)4-9-17(25)26)18(27)23-15-5-7-16(8-6-15)30(28,29)24-10-2-3-11-24/h4-9,12-13H,2-3,10-11H2,1H3,(H,23,27)/t13-/m0/s1. The van der Waals surface area contributed by atoms with Gasteiger partial charge in [0.15, 0.2) is 0 Å². The zero-order valence-electron chi connectivity index (χ0n) is 16.0. The molecule has 1 aliphatic heterocycles. The molecule has 7 nitrogen and oxygen atoms in total. The van der Waals surface area contributed by atoms with E-state index in [-0.39, 0.29) is 10.6 Å². The number of amides is 1. The molecule has 0 spiro atoms. The maximum Gasteiger partial charge on any atom is 0.417 e. The summed E-state index contributed by atoms with van der Waals surface area (Å²) >= 11 is 0. The van der Waals surface area contributed by atoms with Gasteiger partial charge in [0.25, 0.3) is 5.56 Å². The molecule has 1 amide bonds. The SMILES string of the molecule is C[C@@H](C(=O)Nc1ccc(S(=O)(=O)N2CCCC2)cc1)n1cc(C(F)(F)F)ccc1=O. The fourth-order valence-electron chi connectivity index (χ4n) is 3.13. The highest BCUT2D eigenvalue weighted by Crippen LogP contribution is 2.28. The number of carbonyl (C=O) groups is 1. The highest BCUT2D eigenvalue weighted by molar-refractivity contribution is 7.89. The van der Waals surface area contributed by atoms with Gasteiger partial charge in [0, 0.05) is 31.0 Å². The van der Waals surface area contributed by atoms with E-state index in [1.165, 1.54) is 35.5 Å². The van der Waals surface area contributed by atoms with E-state index in [0.29, 0.717) is 29.9 Å². The van der Waals surface area contributed by atoms with Gasteiger partial charge in [-0.25, -0.2) is 8.42 Å². The molecule has 162 valence electrons. The Morgan fingerprint density at radius 1 is 1.07 bits per heavy atom. The second-order valence-electron chi connectivity index (χ2n) is 6.96. The van der Waals surface area contributed by atoms with Gasteiger partial charge in [-0.1, -0.05) is 0 Å². The van der Waals surface area contributed by atoms with E-state index in [1.807, 2.05) is 0 Å². The first-order valence-electron chi connectivity index (χ1n) is 9.20. The van der Waals surface area contributed by atoms with Crippen molar-refractivity contribution in [3.05, 3.63) is 58.5 Å². The summed E-state index contributed by atoms with van der Waals surface area (Å²) in [6.07, 6.45) is -2.44. The maximum atomic E-state index is 12.9. The van der Waals surface area contributed by atoms with Crippen LogP contribution in [0.1, 0.15) is 31.4 Å². The van der Waals surface area contributed by atoms with Crippen LogP contribution < -0.4 is 10.9 Å². The van der Waals surface area contributed by atoms with Crippen molar-refractivity contribution in [2.75, 3.05) is 18.4 Å². The molecule has 1 fully saturated rings. The van der Waals surface area contributed by atoms with Crippen molar-refractivity contribution in [1.82, 2.24) is 8.87 Å². The lowest BCUT2D eigenvalue weighted by Crippen LogP contribution is -2.32. The predicted molar refractivity (Wildman–Crippen MR) is 103 cm³/mol. The van der Waals surface area contributed by atoms with Gasteiger partial charge in [-0.05, 0) is 50.1 Å². The lowest BCUT2D eigenvalue weighted by molar-refractivity contribution is -0.138. The molecule has 1 saturated heterocycles. The van der Waals surface area contributed by atoms with Crippen LogP contribution in [0.5, 0.6) is 0 Å². The molecular weight excluding hydrogens is 423 g/mol. The highest BCUT2D eigenvalue weighted by Gasteiger charge is 2.32. The largest absolute Gasteiger partial charge is 0.417 e. The van der Waals surface area contributed by atoms with Gasteiger partial charge in [-0.15, -0.1) is 0 Å². The smallest absolute Gasteiger partial charge is 0.324 e. The van der Waals surface area contributed by atoms with Gasteiger partial charge in [0.05, 0.1) is 10.5 Å². The molecule has 0 unspecified atom stereocenters. The second-order valence-corrected chi connectivity index (χ2v) is 8.90. The number of anilines is 1. The number of hydrogen-bond donors (Lipinski definition) is 1. The summed E-state index contributed by atoms with van der Waals surface area (Å²) in [7, 11) is -3.60. The molecule has 3 rings (SSSR count). The molecule has 0 radical (unpaired) electrons. The molecule has 1 atom stereocenters. The summed E-state index contributed by atoms with van der Waals surface area (Å²) in [5.74, 6) is -0.716. The Hall–Kier alpha value is -2.66. The van der Waals surface area contributed by atoms with Crippen molar-refractivity contribution in [3.8, 4) is 0 Å². The van der Waals surface area contributed by atoms with E-state index in [4.69, 9.17) is 0 Å². The van der Waals surface area contributed by atoms with Crippen molar-refractivity contribution >= 4 is 21.6 Å². The number of rotatable bonds is 5. The number of benzene rings is 1. The van der Waals surface area contributed by atoms with Gasteiger partial charge in [0.1, 0.15) is 6.04 Å². The first-order chi connectivity index (χ1) is 14.0. The second kappa shape index (κ2) is 8.23. The first kappa shape index (κ1) is 22.0. The van der Waals surface area contributed by atoms with E-state index >= 15 is 0 Å². The van der Waals surface area contributed by atoms with E-state index in [9.17, 15) is 31.2 Å². The average Bonchev–Trinajstić information content (AvgIpc) is 3.23. The molecule has 11 heteroatoms. The minimum Gasteiger partial charge on any atom is -0.324 e. The summed E-state index contributed by atoms with van der Waals surface area (Å²) in [6, 6.07) is 5.68. The van der Waals surface area contributed by atoms with Crippen LogP contribution in [0, 0.1) is 0 Å². The Labute approximate surface area is 171 Å². The summed E-state index contributed by atoms with van der Waals surface area (Å²) in [6.45, 7) is 2.22. The molecule has 0 aliphatic carbocycles. The van der Waals surface area contributed by atoms with E-state index < -0.39 is 39.3 Å². The van der Waals surface area contributed by atoms with Crippen LogP contribution in [0.2, 0.25) is 0 Å². The number of nitrogens with one attached hydrogen (secondary N) is 1. The number of nitrogens with zero attached hydrogens (tertiary/aromatic N) is 2. The molecule has 1 aromatic carbocycles. The monoisotopic (exact) mass is 443 g/mol. The van der Waals surface area contributed by atoms with Crippen LogP contribution in [-0.2, 0) is 21.0 Å². The summed E-state index contributed by atoms with van der Waals surface area (Å²) in [5, 5.41) is 2.49. The number of carbonyl (C=O) groups excluding carboxylic acids is 1. The van der Waals surface area contributed by atoms with Crippen molar-refractivity contribution < 1.29 is 26.4 Å². The Balaban J connectivity index is 1.75. The van der Waals surface area contributed by atoms with Crippen LogP contribution in [0.3, 0.4) is 0 Å². The van der Waals surface area contributed by atoms with Crippen LogP contribution in [0.15, 0.2) is 52.3 Å². The number of halogens is 3. The normalized spacial score (nSPS) is 16.4. The van der Waals surface area contributed by atoms with Gasteiger partial charge in [-0.3, -0.25) is 9.59 Å². The van der Waals surface area contributed by atoms with Crippen molar-refractivity contribution in [2.24, 2.45) is 0 Å². The lowest BCUT2D eigenvalue weighted by Gasteiger charge is -2.18. The highest BCUT2D eigenvalue weighted by atomic mass is 32.2. The average molecular weight is 443 g/mol. The molecule has 0 saturated carbocycles. The molecule has 2 heterocycles. The van der Waals surface area contributed by atoms with E-state index in [2.05, 4.69) is 5.32 Å². The van der Waals surface area contributed by atoms with Crippen molar-refractivity contribution in [3.63, 3.8) is 0 Å². The van der Waals surface area contributed by atoms with Crippen molar-refractivity contribution in [2.45, 2.75) is 36.9 Å². The zero-order valence-corrected chi connectivity index (χ0v) is 16.8. The number of hydrogen-bond acceptors (Lipinski definition) is 4. The number of alkyl halides is 3. The summed E-state index contributed by atoms with van der Waals surface area (Å²) < 4.78 is 65.8. The molecule has 1 aromatic heterocycles. The number of pyridine rings is 1. The quantitative estimate of drug-likeness (QED) is 0.770. The van der Waals surface area contributed by atoms with Crippen LogP contribution in [0.25, 0.3) is 0 Å². The van der Waals surface area contributed by atoms with E-state index in [1.54, 1.807) is 0 Å². The predicted octanol–water partition coefficient (Wildman–Crippen LogP) is 2.85.